The van der Waals surface area contributed by atoms with E-state index in [0.29, 0.717) is 22.7 Å². The number of nitrogens with one attached hydrogen (secondary N) is 2. The van der Waals surface area contributed by atoms with Gasteiger partial charge < -0.3 is 15.1 Å². The van der Waals surface area contributed by atoms with Gasteiger partial charge in [-0.05, 0) is 61.9 Å². The summed E-state index contributed by atoms with van der Waals surface area (Å²) in [5, 5.41) is 7.59. The lowest BCUT2D eigenvalue weighted by Crippen LogP contribution is -2.34. The average molecular weight is 383 g/mol. The van der Waals surface area contributed by atoms with Gasteiger partial charge in [0.1, 0.15) is 5.76 Å². The summed E-state index contributed by atoms with van der Waals surface area (Å²) in [6, 6.07) is 14.1. The number of benzene rings is 1. The Balaban J connectivity index is 1.58. The number of likely N-dealkylation sites (N-methyl/N-ethyl adjacent to an activating group) is 1. The van der Waals surface area contributed by atoms with Crippen LogP contribution in [0.4, 0.5) is 5.69 Å². The Morgan fingerprint density at radius 1 is 1.07 bits per heavy atom. The van der Waals surface area contributed by atoms with Gasteiger partial charge in [-0.15, -0.1) is 11.3 Å². The average Bonchev–Trinajstić information content (AvgIpc) is 3.36. The Morgan fingerprint density at radius 3 is 2.44 bits per heavy atom. The molecular weight excluding hydrogens is 362 g/mol. The highest BCUT2D eigenvalue weighted by atomic mass is 32.1. The minimum Gasteiger partial charge on any atom is -0.468 e. The summed E-state index contributed by atoms with van der Waals surface area (Å²) in [5.41, 5.74) is 1.17. The van der Waals surface area contributed by atoms with E-state index in [4.69, 9.17) is 4.42 Å². The van der Waals surface area contributed by atoms with Gasteiger partial charge in [-0.3, -0.25) is 14.5 Å². The molecule has 7 heteroatoms. The van der Waals surface area contributed by atoms with Crippen LogP contribution in [0.2, 0.25) is 0 Å². The fourth-order valence-electron chi connectivity index (χ4n) is 2.62. The van der Waals surface area contributed by atoms with Gasteiger partial charge in [-0.25, -0.2) is 0 Å². The molecule has 6 nitrogen and oxygen atoms in total. The van der Waals surface area contributed by atoms with Crippen LogP contribution in [0.1, 0.15) is 31.8 Å². The zero-order valence-corrected chi connectivity index (χ0v) is 16.0. The summed E-state index contributed by atoms with van der Waals surface area (Å²) in [7, 11) is 3.87. The van der Waals surface area contributed by atoms with Gasteiger partial charge >= 0.3 is 0 Å². The molecule has 3 rings (SSSR count). The van der Waals surface area contributed by atoms with Crippen LogP contribution in [0.25, 0.3) is 0 Å². The molecule has 0 saturated carbocycles. The van der Waals surface area contributed by atoms with Crippen molar-refractivity contribution >= 4 is 28.8 Å². The van der Waals surface area contributed by atoms with Crippen molar-refractivity contribution in [2.75, 3.05) is 26.0 Å². The van der Waals surface area contributed by atoms with E-state index in [0.717, 1.165) is 5.76 Å². The number of thiophene rings is 1. The molecule has 3 aromatic rings. The van der Waals surface area contributed by atoms with Gasteiger partial charge in [-0.1, -0.05) is 6.07 Å². The minimum atomic E-state index is -0.176. The summed E-state index contributed by atoms with van der Waals surface area (Å²) in [4.78, 5) is 27.1. The maximum absolute atomic E-state index is 12.4. The Kier molecular flexibility index (Phi) is 6.05. The largest absolute Gasteiger partial charge is 0.468 e. The number of hydrogen-bond acceptors (Lipinski definition) is 5. The highest BCUT2D eigenvalue weighted by Gasteiger charge is 2.18. The highest BCUT2D eigenvalue weighted by molar-refractivity contribution is 7.12. The Labute approximate surface area is 161 Å². The third-order valence-corrected chi connectivity index (χ3v) is 4.97. The van der Waals surface area contributed by atoms with Crippen LogP contribution in [0.3, 0.4) is 0 Å². The lowest BCUT2D eigenvalue weighted by atomic mass is 10.1. The summed E-state index contributed by atoms with van der Waals surface area (Å²) in [6.45, 7) is 0.427. The molecule has 140 valence electrons. The quantitative estimate of drug-likeness (QED) is 0.653. The van der Waals surface area contributed by atoms with E-state index in [1.807, 2.05) is 42.6 Å². The van der Waals surface area contributed by atoms with Crippen molar-refractivity contribution in [3.63, 3.8) is 0 Å². The van der Waals surface area contributed by atoms with Gasteiger partial charge in [0.2, 0.25) is 0 Å². The maximum Gasteiger partial charge on any atom is 0.265 e. The lowest BCUT2D eigenvalue weighted by Gasteiger charge is -2.22. The second-order valence-corrected chi connectivity index (χ2v) is 7.16. The predicted octanol–water partition coefficient (Wildman–Crippen LogP) is 3.63. The first kappa shape index (κ1) is 18.9. The van der Waals surface area contributed by atoms with Gasteiger partial charge in [0.05, 0.1) is 17.2 Å². The zero-order valence-electron chi connectivity index (χ0n) is 15.1. The summed E-state index contributed by atoms with van der Waals surface area (Å²) in [6.07, 6.45) is 1.62. The number of hydrogen-bond donors (Lipinski definition) is 2. The fraction of sp³-hybridized carbons (Fsp3) is 0.200. The van der Waals surface area contributed by atoms with Crippen molar-refractivity contribution in [1.29, 1.82) is 0 Å². The Morgan fingerprint density at radius 2 is 1.85 bits per heavy atom. The van der Waals surface area contributed by atoms with Crippen LogP contribution in [-0.2, 0) is 0 Å². The summed E-state index contributed by atoms with van der Waals surface area (Å²) < 4.78 is 5.45. The first-order chi connectivity index (χ1) is 13.0. The van der Waals surface area contributed by atoms with Crippen molar-refractivity contribution in [2.45, 2.75) is 6.04 Å². The number of rotatable bonds is 7. The van der Waals surface area contributed by atoms with Crippen LogP contribution in [-0.4, -0.2) is 37.4 Å². The van der Waals surface area contributed by atoms with Crippen molar-refractivity contribution < 1.29 is 14.0 Å². The van der Waals surface area contributed by atoms with E-state index in [1.165, 1.54) is 11.3 Å². The molecule has 0 aliphatic rings. The highest BCUT2D eigenvalue weighted by Crippen LogP contribution is 2.18. The topological polar surface area (TPSA) is 74.6 Å². The molecule has 0 spiro atoms. The van der Waals surface area contributed by atoms with Crippen LogP contribution >= 0.6 is 11.3 Å². The summed E-state index contributed by atoms with van der Waals surface area (Å²) >= 11 is 1.38. The van der Waals surface area contributed by atoms with Crippen LogP contribution in [0.15, 0.2) is 64.6 Å². The normalized spacial score (nSPS) is 12.0. The SMILES string of the molecule is CN(C)C(CNC(=O)c1ccc(NC(=O)c2cccs2)cc1)c1ccco1. The molecule has 1 aromatic carbocycles. The second kappa shape index (κ2) is 8.66. The van der Waals surface area contributed by atoms with E-state index in [-0.39, 0.29) is 17.9 Å². The molecule has 27 heavy (non-hydrogen) atoms. The van der Waals surface area contributed by atoms with Gasteiger partial charge in [0.25, 0.3) is 11.8 Å². The number of carbonyl (C=O) groups excluding carboxylic acids is 2. The van der Waals surface area contributed by atoms with Gasteiger partial charge in [0, 0.05) is 17.8 Å². The van der Waals surface area contributed by atoms with E-state index < -0.39 is 0 Å². The van der Waals surface area contributed by atoms with Crippen molar-refractivity contribution in [2.24, 2.45) is 0 Å². The Hall–Kier alpha value is -2.90. The lowest BCUT2D eigenvalue weighted by molar-refractivity contribution is 0.0938. The monoisotopic (exact) mass is 383 g/mol. The molecule has 0 bridgehead atoms. The third kappa shape index (κ3) is 4.84. The molecule has 0 fully saturated rings. The number of anilines is 1. The molecule has 0 saturated heterocycles. The van der Waals surface area contributed by atoms with Gasteiger partial charge in [-0.2, -0.15) is 0 Å². The molecule has 0 aliphatic heterocycles. The molecule has 2 N–H and O–H groups in total. The number of carbonyl (C=O) groups is 2. The first-order valence-electron chi connectivity index (χ1n) is 8.47. The van der Waals surface area contributed by atoms with E-state index in [2.05, 4.69) is 10.6 Å². The number of furan rings is 1. The molecule has 0 radical (unpaired) electrons. The van der Waals surface area contributed by atoms with Crippen LogP contribution in [0, 0.1) is 0 Å². The van der Waals surface area contributed by atoms with Crippen molar-refractivity contribution in [1.82, 2.24) is 10.2 Å². The molecule has 2 amide bonds. The smallest absolute Gasteiger partial charge is 0.265 e. The second-order valence-electron chi connectivity index (χ2n) is 6.21. The maximum atomic E-state index is 12.4. The molecule has 1 atom stereocenters. The van der Waals surface area contributed by atoms with Gasteiger partial charge in [0.15, 0.2) is 0 Å². The van der Waals surface area contributed by atoms with Crippen LogP contribution in [0.5, 0.6) is 0 Å². The number of amides is 2. The van der Waals surface area contributed by atoms with E-state index in [9.17, 15) is 9.59 Å². The molecule has 2 aromatic heterocycles. The zero-order chi connectivity index (χ0) is 19.2. The van der Waals surface area contributed by atoms with E-state index in [1.54, 1.807) is 36.6 Å². The minimum absolute atomic E-state index is 0.0479. The predicted molar refractivity (Wildman–Crippen MR) is 106 cm³/mol. The molecular formula is C20H21N3O3S. The summed E-state index contributed by atoms with van der Waals surface area (Å²) in [5.74, 6) is 0.464. The molecule has 0 aliphatic carbocycles. The third-order valence-electron chi connectivity index (χ3n) is 4.10. The fourth-order valence-corrected chi connectivity index (χ4v) is 3.23. The molecule has 2 heterocycles. The standard InChI is InChI=1S/C20H21N3O3S/c1-23(2)16(17-5-3-11-26-17)13-21-19(24)14-7-9-15(10-8-14)22-20(25)18-6-4-12-27-18/h3-12,16H,13H2,1-2H3,(H,21,24)(H,22,25). The van der Waals surface area contributed by atoms with Crippen LogP contribution < -0.4 is 10.6 Å². The van der Waals surface area contributed by atoms with Crippen molar-refractivity contribution in [3.05, 3.63) is 76.4 Å². The van der Waals surface area contributed by atoms with Crippen molar-refractivity contribution in [3.8, 4) is 0 Å². The first-order valence-corrected chi connectivity index (χ1v) is 9.35. The Bertz CT molecular complexity index is 872. The number of nitrogens with zero attached hydrogens (tertiary/aromatic N) is 1. The van der Waals surface area contributed by atoms with E-state index >= 15 is 0 Å². The molecule has 1 unspecified atom stereocenters.